The fourth-order valence-electron chi connectivity index (χ4n) is 2.65. The Kier molecular flexibility index (Phi) is 5.78. The van der Waals surface area contributed by atoms with Crippen LogP contribution in [0.5, 0.6) is 0 Å². The van der Waals surface area contributed by atoms with Crippen molar-refractivity contribution in [3.8, 4) is 11.6 Å². The summed E-state index contributed by atoms with van der Waals surface area (Å²) in [6.45, 7) is 4.12. The quantitative estimate of drug-likeness (QED) is 0.641. The summed E-state index contributed by atoms with van der Waals surface area (Å²) in [5.41, 5.74) is 2.33. The van der Waals surface area contributed by atoms with E-state index >= 15 is 0 Å². The largest absolute Gasteiger partial charge is 0.461 e. The van der Waals surface area contributed by atoms with Crippen molar-refractivity contribution in [2.45, 2.75) is 31.5 Å². The molecule has 2 heterocycles. The molecule has 3 rings (SSSR count). The van der Waals surface area contributed by atoms with Gasteiger partial charge in [-0.05, 0) is 31.0 Å². The van der Waals surface area contributed by atoms with Gasteiger partial charge in [-0.2, -0.15) is 0 Å². The van der Waals surface area contributed by atoms with Crippen molar-refractivity contribution < 1.29 is 9.21 Å². The summed E-state index contributed by atoms with van der Waals surface area (Å²) in [6.07, 6.45) is 2.44. The van der Waals surface area contributed by atoms with Gasteiger partial charge in [0.05, 0.1) is 18.1 Å². The Morgan fingerprint density at radius 2 is 2.04 bits per heavy atom. The van der Waals surface area contributed by atoms with Crippen LogP contribution in [0.1, 0.15) is 30.5 Å². The average Bonchev–Trinajstić information content (AvgIpc) is 3.28. The van der Waals surface area contributed by atoms with Gasteiger partial charge in [0, 0.05) is 7.05 Å². The first-order valence-electron chi connectivity index (χ1n) is 8.50. The van der Waals surface area contributed by atoms with Crippen molar-refractivity contribution in [3.63, 3.8) is 0 Å². The number of nitrogens with zero attached hydrogens (tertiary/aromatic N) is 3. The molecule has 1 atom stereocenters. The van der Waals surface area contributed by atoms with E-state index in [1.165, 1.54) is 17.3 Å². The third kappa shape index (κ3) is 4.16. The van der Waals surface area contributed by atoms with E-state index in [4.69, 9.17) is 4.42 Å². The van der Waals surface area contributed by atoms with Crippen LogP contribution in [0.2, 0.25) is 0 Å². The molecule has 0 aliphatic rings. The number of thioether (sulfide) groups is 1. The molecule has 0 spiro atoms. The lowest BCUT2D eigenvalue weighted by Crippen LogP contribution is -2.29. The monoisotopic (exact) mass is 370 g/mol. The van der Waals surface area contributed by atoms with Crippen LogP contribution in [-0.2, 0) is 11.8 Å². The number of aryl methyl sites for hydroxylation is 1. The van der Waals surface area contributed by atoms with Gasteiger partial charge in [-0.3, -0.25) is 4.79 Å². The number of benzene rings is 1. The first kappa shape index (κ1) is 18.3. The Labute approximate surface area is 157 Å². The lowest BCUT2D eigenvalue weighted by Gasteiger charge is -2.17. The third-order valence-corrected chi connectivity index (χ3v) is 5.15. The van der Waals surface area contributed by atoms with E-state index in [-0.39, 0.29) is 17.7 Å². The summed E-state index contributed by atoms with van der Waals surface area (Å²) in [6, 6.07) is 11.9. The van der Waals surface area contributed by atoms with Gasteiger partial charge >= 0.3 is 0 Å². The highest BCUT2D eigenvalue weighted by molar-refractivity contribution is 7.99. The summed E-state index contributed by atoms with van der Waals surface area (Å²) in [7, 11) is 1.86. The number of amides is 1. The lowest BCUT2D eigenvalue weighted by molar-refractivity contribution is -0.119. The Balaban J connectivity index is 1.59. The van der Waals surface area contributed by atoms with Crippen LogP contribution in [0.4, 0.5) is 0 Å². The second kappa shape index (κ2) is 8.23. The Morgan fingerprint density at radius 3 is 2.69 bits per heavy atom. The number of carbonyl (C=O) groups excluding carboxylic acids is 1. The van der Waals surface area contributed by atoms with E-state index in [9.17, 15) is 4.79 Å². The second-order valence-electron chi connectivity index (χ2n) is 6.07. The molecule has 1 aromatic carbocycles. The number of furan rings is 1. The standard InChI is InChI=1S/C19H22N4O2S/c1-4-15(14-9-7-13(2)8-10-14)20-17(24)12-26-19-22-21-18(23(19)3)16-6-5-11-25-16/h5-11,15H,4,12H2,1-3H3,(H,20,24)/t15-/m1/s1. The van der Waals surface area contributed by atoms with Crippen molar-refractivity contribution >= 4 is 17.7 Å². The van der Waals surface area contributed by atoms with Crippen LogP contribution in [0.3, 0.4) is 0 Å². The van der Waals surface area contributed by atoms with Gasteiger partial charge in [-0.1, -0.05) is 48.5 Å². The molecule has 2 aromatic heterocycles. The molecule has 0 radical (unpaired) electrons. The zero-order chi connectivity index (χ0) is 18.5. The van der Waals surface area contributed by atoms with Crippen LogP contribution < -0.4 is 5.32 Å². The van der Waals surface area contributed by atoms with Gasteiger partial charge in [0.1, 0.15) is 0 Å². The number of hydrogen-bond donors (Lipinski definition) is 1. The molecule has 0 aliphatic carbocycles. The van der Waals surface area contributed by atoms with Gasteiger partial charge in [-0.25, -0.2) is 0 Å². The van der Waals surface area contributed by atoms with Gasteiger partial charge in [0.2, 0.25) is 5.91 Å². The van der Waals surface area contributed by atoms with Crippen LogP contribution in [-0.4, -0.2) is 26.4 Å². The lowest BCUT2D eigenvalue weighted by atomic mass is 10.0. The summed E-state index contributed by atoms with van der Waals surface area (Å²) < 4.78 is 7.18. The molecule has 26 heavy (non-hydrogen) atoms. The van der Waals surface area contributed by atoms with Crippen LogP contribution >= 0.6 is 11.8 Å². The van der Waals surface area contributed by atoms with Crippen molar-refractivity contribution in [1.82, 2.24) is 20.1 Å². The van der Waals surface area contributed by atoms with Crippen molar-refractivity contribution in [3.05, 3.63) is 53.8 Å². The molecule has 3 aromatic rings. The number of carbonyl (C=O) groups is 1. The zero-order valence-corrected chi connectivity index (χ0v) is 15.9. The Hall–Kier alpha value is -2.54. The number of nitrogens with one attached hydrogen (secondary N) is 1. The maximum atomic E-state index is 12.4. The van der Waals surface area contributed by atoms with Gasteiger partial charge < -0.3 is 14.3 Å². The maximum absolute atomic E-state index is 12.4. The molecule has 0 saturated carbocycles. The van der Waals surface area contributed by atoms with E-state index in [0.717, 1.165) is 12.0 Å². The summed E-state index contributed by atoms with van der Waals surface area (Å²) >= 11 is 1.36. The summed E-state index contributed by atoms with van der Waals surface area (Å²) in [4.78, 5) is 12.4. The minimum Gasteiger partial charge on any atom is -0.461 e. The molecule has 7 heteroatoms. The van der Waals surface area contributed by atoms with Gasteiger partial charge in [0.25, 0.3) is 0 Å². The Bertz CT molecular complexity index is 856. The predicted octanol–water partition coefficient (Wildman–Crippen LogP) is 3.74. The highest BCUT2D eigenvalue weighted by Crippen LogP contribution is 2.23. The number of rotatable bonds is 7. The van der Waals surface area contributed by atoms with Crippen molar-refractivity contribution in [2.24, 2.45) is 7.05 Å². The fourth-order valence-corrected chi connectivity index (χ4v) is 3.37. The summed E-state index contributed by atoms with van der Waals surface area (Å²) in [5, 5.41) is 12.0. The first-order chi connectivity index (χ1) is 12.6. The van der Waals surface area contributed by atoms with E-state index in [2.05, 4.69) is 53.6 Å². The van der Waals surface area contributed by atoms with Crippen LogP contribution in [0, 0.1) is 6.92 Å². The number of hydrogen-bond acceptors (Lipinski definition) is 5. The molecular formula is C19H22N4O2S. The van der Waals surface area contributed by atoms with Gasteiger partial charge in [-0.15, -0.1) is 10.2 Å². The van der Waals surface area contributed by atoms with Crippen molar-refractivity contribution in [2.75, 3.05) is 5.75 Å². The van der Waals surface area contributed by atoms with E-state index in [0.29, 0.717) is 16.7 Å². The van der Waals surface area contributed by atoms with E-state index in [1.54, 1.807) is 12.3 Å². The van der Waals surface area contributed by atoms with E-state index < -0.39 is 0 Å². The zero-order valence-electron chi connectivity index (χ0n) is 15.1. The van der Waals surface area contributed by atoms with Crippen LogP contribution in [0.25, 0.3) is 11.6 Å². The minimum atomic E-state index is -0.0232. The van der Waals surface area contributed by atoms with Gasteiger partial charge in [0.15, 0.2) is 16.7 Å². The molecule has 6 nitrogen and oxygen atoms in total. The Morgan fingerprint density at radius 1 is 1.27 bits per heavy atom. The number of aromatic nitrogens is 3. The fraction of sp³-hybridized carbons (Fsp3) is 0.316. The average molecular weight is 370 g/mol. The summed E-state index contributed by atoms with van der Waals surface area (Å²) in [5.74, 6) is 1.56. The second-order valence-corrected chi connectivity index (χ2v) is 7.01. The molecular weight excluding hydrogens is 348 g/mol. The molecule has 0 bridgehead atoms. The normalized spacial score (nSPS) is 12.1. The third-order valence-electron chi connectivity index (χ3n) is 4.13. The molecule has 0 unspecified atom stereocenters. The molecule has 0 aliphatic heterocycles. The molecule has 136 valence electrons. The van der Waals surface area contributed by atoms with Crippen LogP contribution in [0.15, 0.2) is 52.2 Å². The molecule has 1 N–H and O–H groups in total. The highest BCUT2D eigenvalue weighted by atomic mass is 32.2. The molecule has 0 fully saturated rings. The van der Waals surface area contributed by atoms with E-state index in [1.807, 2.05) is 17.7 Å². The predicted molar refractivity (Wildman–Crippen MR) is 102 cm³/mol. The smallest absolute Gasteiger partial charge is 0.230 e. The molecule has 1 amide bonds. The maximum Gasteiger partial charge on any atom is 0.230 e. The topological polar surface area (TPSA) is 73.0 Å². The first-order valence-corrected chi connectivity index (χ1v) is 9.49. The molecule has 0 saturated heterocycles. The highest BCUT2D eigenvalue weighted by Gasteiger charge is 2.16. The van der Waals surface area contributed by atoms with Crippen molar-refractivity contribution in [1.29, 1.82) is 0 Å². The SMILES string of the molecule is CC[C@@H](NC(=O)CSc1nnc(-c2ccco2)n1C)c1ccc(C)cc1. The minimum absolute atomic E-state index is 0.0156.